The lowest BCUT2D eigenvalue weighted by Gasteiger charge is -2.31. The molecule has 2 aromatic heterocycles. The number of β-amino-alcohol motifs (C(OH)–C–C–N with tert-alkyl or cyclic N) is 1. The molecule has 2 aliphatic rings. The van der Waals surface area contributed by atoms with Gasteiger partial charge in [-0.25, -0.2) is 9.67 Å². The lowest BCUT2D eigenvalue weighted by molar-refractivity contribution is -0.111. The van der Waals surface area contributed by atoms with Crippen LogP contribution in [0.25, 0.3) is 5.82 Å². The fourth-order valence-electron chi connectivity index (χ4n) is 5.04. The van der Waals surface area contributed by atoms with Crippen molar-refractivity contribution in [3.05, 3.63) is 54.5 Å². The Labute approximate surface area is 238 Å². The lowest BCUT2D eigenvalue weighted by atomic mass is 10.1. The van der Waals surface area contributed by atoms with Crippen LogP contribution in [0.3, 0.4) is 0 Å². The van der Waals surface area contributed by atoms with E-state index in [0.717, 1.165) is 16.8 Å². The second-order valence-corrected chi connectivity index (χ2v) is 10.0. The summed E-state index contributed by atoms with van der Waals surface area (Å²) in [5, 5.41) is 20.8. The van der Waals surface area contributed by atoms with Crippen molar-refractivity contribution < 1.29 is 24.1 Å². The van der Waals surface area contributed by atoms with Crippen LogP contribution >= 0.6 is 0 Å². The van der Waals surface area contributed by atoms with Gasteiger partial charge in [-0.2, -0.15) is 10.1 Å². The SMILES string of the molecule is C=CC(=O)Nc1cc(Nc2ncc(C)c(-n3cc(CN4C[C@H](O)[C@H](OC)C4)cn3)n2)c(OC)cc1N1CCOCC1. The minimum absolute atomic E-state index is 0.187. The summed E-state index contributed by atoms with van der Waals surface area (Å²) in [5.74, 6) is 1.21. The number of ether oxygens (including phenoxy) is 3. The highest BCUT2D eigenvalue weighted by atomic mass is 16.5. The molecule has 3 aromatic rings. The summed E-state index contributed by atoms with van der Waals surface area (Å²) in [6.07, 6.45) is 5.98. The first-order chi connectivity index (χ1) is 19.9. The molecule has 2 atom stereocenters. The molecule has 3 N–H and O–H groups in total. The number of hydrogen-bond acceptors (Lipinski definition) is 11. The zero-order chi connectivity index (χ0) is 28.9. The molecule has 0 radical (unpaired) electrons. The Morgan fingerprint density at radius 1 is 1.22 bits per heavy atom. The van der Waals surface area contributed by atoms with E-state index < -0.39 is 6.10 Å². The molecule has 0 unspecified atom stereocenters. The highest BCUT2D eigenvalue weighted by molar-refractivity contribution is 6.02. The number of nitrogens with one attached hydrogen (secondary N) is 2. The summed E-state index contributed by atoms with van der Waals surface area (Å²) in [7, 11) is 3.21. The zero-order valence-corrected chi connectivity index (χ0v) is 23.5. The minimum Gasteiger partial charge on any atom is -0.494 e. The fraction of sp³-hybridized carbons (Fsp3) is 0.429. The van der Waals surface area contributed by atoms with E-state index in [0.29, 0.717) is 74.8 Å². The number of anilines is 4. The second kappa shape index (κ2) is 12.6. The highest BCUT2D eigenvalue weighted by Gasteiger charge is 2.31. The standard InChI is InChI=1S/C28H36N8O5/c1-5-26(38)31-20-10-21(24(39-3)11-22(20)35-6-8-41-9-7-35)32-28-29-12-18(2)27(33-28)36-15-19(13-30-36)14-34-16-23(37)25(17-34)40-4/h5,10-13,15,23,25,37H,1,6-9,14,16-17H2,2-4H3,(H,31,38)(H,29,32,33)/t23-,25+/m0/s1. The molecule has 0 saturated carbocycles. The number of aliphatic hydroxyl groups excluding tert-OH is 1. The van der Waals surface area contributed by atoms with Crippen molar-refractivity contribution in [3.63, 3.8) is 0 Å². The number of aryl methyl sites for hydroxylation is 1. The lowest BCUT2D eigenvalue weighted by Crippen LogP contribution is -2.36. The summed E-state index contributed by atoms with van der Waals surface area (Å²) >= 11 is 0. The molecule has 0 spiro atoms. The molecule has 2 saturated heterocycles. The molecule has 1 aromatic carbocycles. The van der Waals surface area contributed by atoms with Gasteiger partial charge in [-0.15, -0.1) is 0 Å². The van der Waals surface area contributed by atoms with Gasteiger partial charge in [0.1, 0.15) is 5.75 Å². The number of aromatic nitrogens is 4. The van der Waals surface area contributed by atoms with Gasteiger partial charge in [0.15, 0.2) is 5.82 Å². The Morgan fingerprint density at radius 2 is 2.02 bits per heavy atom. The molecular weight excluding hydrogens is 528 g/mol. The molecule has 4 heterocycles. The third kappa shape index (κ3) is 6.49. The molecular formula is C28H36N8O5. The van der Waals surface area contributed by atoms with E-state index in [1.54, 1.807) is 37.4 Å². The van der Waals surface area contributed by atoms with E-state index in [-0.39, 0.29) is 12.0 Å². The van der Waals surface area contributed by atoms with Gasteiger partial charge in [0, 0.05) is 69.4 Å². The number of rotatable bonds is 10. The van der Waals surface area contributed by atoms with Crippen LogP contribution in [0.2, 0.25) is 0 Å². The monoisotopic (exact) mass is 564 g/mol. The maximum atomic E-state index is 12.3. The van der Waals surface area contributed by atoms with Crippen molar-refractivity contribution in [2.24, 2.45) is 0 Å². The van der Waals surface area contributed by atoms with Gasteiger partial charge < -0.3 is 34.9 Å². The van der Waals surface area contributed by atoms with Crippen molar-refractivity contribution in [1.29, 1.82) is 0 Å². The summed E-state index contributed by atoms with van der Waals surface area (Å²) in [5.41, 5.74) is 3.84. The number of benzene rings is 1. The molecule has 13 heteroatoms. The average Bonchev–Trinajstić information content (AvgIpc) is 3.60. The largest absolute Gasteiger partial charge is 0.494 e. The van der Waals surface area contributed by atoms with E-state index in [1.165, 1.54) is 6.08 Å². The highest BCUT2D eigenvalue weighted by Crippen LogP contribution is 2.38. The molecule has 13 nitrogen and oxygen atoms in total. The molecule has 218 valence electrons. The van der Waals surface area contributed by atoms with Crippen LogP contribution in [0.5, 0.6) is 5.75 Å². The molecule has 41 heavy (non-hydrogen) atoms. The zero-order valence-electron chi connectivity index (χ0n) is 23.5. The molecule has 2 fully saturated rings. The van der Waals surface area contributed by atoms with Crippen LogP contribution in [0, 0.1) is 6.92 Å². The molecule has 0 bridgehead atoms. The van der Waals surface area contributed by atoms with Gasteiger partial charge in [-0.05, 0) is 19.1 Å². The first-order valence-electron chi connectivity index (χ1n) is 13.4. The van der Waals surface area contributed by atoms with Crippen LogP contribution in [0.1, 0.15) is 11.1 Å². The van der Waals surface area contributed by atoms with E-state index in [9.17, 15) is 9.90 Å². The number of morpholine rings is 1. The van der Waals surface area contributed by atoms with E-state index >= 15 is 0 Å². The van der Waals surface area contributed by atoms with E-state index in [4.69, 9.17) is 19.2 Å². The number of carbonyl (C=O) groups is 1. The molecule has 5 rings (SSSR count). The number of hydrogen-bond donors (Lipinski definition) is 3. The molecule has 0 aliphatic carbocycles. The van der Waals surface area contributed by atoms with E-state index in [2.05, 4.69) is 37.1 Å². The van der Waals surface area contributed by atoms with Crippen molar-refractivity contribution in [1.82, 2.24) is 24.6 Å². The summed E-state index contributed by atoms with van der Waals surface area (Å²) in [4.78, 5) is 25.7. The Bertz CT molecular complexity index is 1390. The van der Waals surface area contributed by atoms with E-state index in [1.807, 2.05) is 19.2 Å². The quantitative estimate of drug-likeness (QED) is 0.311. The number of likely N-dealkylation sites (tertiary alicyclic amines) is 1. The van der Waals surface area contributed by atoms with Gasteiger partial charge in [0.25, 0.3) is 0 Å². The van der Waals surface area contributed by atoms with Crippen LogP contribution < -0.4 is 20.3 Å². The predicted molar refractivity (Wildman–Crippen MR) is 154 cm³/mol. The smallest absolute Gasteiger partial charge is 0.247 e. The van der Waals surface area contributed by atoms with Gasteiger partial charge in [-0.1, -0.05) is 6.58 Å². The minimum atomic E-state index is -0.502. The topological polar surface area (TPSA) is 139 Å². The van der Waals surface area contributed by atoms with Crippen LogP contribution in [-0.2, 0) is 20.8 Å². The first kappa shape index (κ1) is 28.5. The van der Waals surface area contributed by atoms with Gasteiger partial charge in [0.05, 0.1) is 55.8 Å². The number of methoxy groups -OCH3 is 2. The van der Waals surface area contributed by atoms with Crippen molar-refractivity contribution in [3.8, 4) is 11.6 Å². The Morgan fingerprint density at radius 3 is 2.73 bits per heavy atom. The van der Waals surface area contributed by atoms with Gasteiger partial charge >= 0.3 is 0 Å². The number of carbonyl (C=O) groups excluding carboxylic acids is 1. The van der Waals surface area contributed by atoms with Crippen molar-refractivity contribution in [2.75, 3.05) is 69.1 Å². The second-order valence-electron chi connectivity index (χ2n) is 10.0. The molecule has 1 amide bonds. The Balaban J connectivity index is 1.39. The van der Waals surface area contributed by atoms with Gasteiger partial charge in [0.2, 0.25) is 11.9 Å². The maximum Gasteiger partial charge on any atom is 0.247 e. The number of nitrogens with zero attached hydrogens (tertiary/aromatic N) is 6. The van der Waals surface area contributed by atoms with Crippen LogP contribution in [-0.4, -0.2) is 101 Å². The third-order valence-corrected chi connectivity index (χ3v) is 7.18. The summed E-state index contributed by atoms with van der Waals surface area (Å²) in [6.45, 7) is 9.91. The Kier molecular flexibility index (Phi) is 8.78. The summed E-state index contributed by atoms with van der Waals surface area (Å²) < 4.78 is 18.3. The average molecular weight is 565 g/mol. The number of aliphatic hydroxyl groups is 1. The molecule has 2 aliphatic heterocycles. The first-order valence-corrected chi connectivity index (χ1v) is 13.4. The van der Waals surface area contributed by atoms with Crippen molar-refractivity contribution in [2.45, 2.75) is 25.7 Å². The van der Waals surface area contributed by atoms with Crippen LogP contribution in [0.15, 0.2) is 43.4 Å². The van der Waals surface area contributed by atoms with Crippen LogP contribution in [0.4, 0.5) is 23.0 Å². The maximum absolute atomic E-state index is 12.3. The number of amides is 1. The fourth-order valence-corrected chi connectivity index (χ4v) is 5.04. The normalized spacial score (nSPS) is 19.3. The van der Waals surface area contributed by atoms with Crippen molar-refractivity contribution >= 4 is 28.9 Å². The predicted octanol–water partition coefficient (Wildman–Crippen LogP) is 1.88. The Hall–Kier alpha value is -4.04. The summed E-state index contributed by atoms with van der Waals surface area (Å²) in [6, 6.07) is 3.68. The third-order valence-electron chi connectivity index (χ3n) is 7.18. The van der Waals surface area contributed by atoms with Gasteiger partial charge in [-0.3, -0.25) is 9.69 Å².